The molecule has 1 aliphatic heterocycles. The monoisotopic (exact) mass is 273 g/mol. The lowest BCUT2D eigenvalue weighted by Gasteiger charge is -2.44. The zero-order valence-electron chi connectivity index (χ0n) is 12.1. The lowest BCUT2D eigenvalue weighted by atomic mass is 9.78. The van der Waals surface area contributed by atoms with E-state index in [1.807, 2.05) is 25.2 Å². The van der Waals surface area contributed by atoms with Crippen molar-refractivity contribution in [2.24, 2.45) is 5.92 Å². The number of hydrogen-bond acceptors (Lipinski definition) is 3. The Morgan fingerprint density at radius 2 is 2.05 bits per heavy atom. The third-order valence-electron chi connectivity index (χ3n) is 4.73. The molecule has 4 nitrogen and oxygen atoms in total. The summed E-state index contributed by atoms with van der Waals surface area (Å²) in [6, 6.07) is 6.06. The topological polar surface area (TPSA) is 45.2 Å². The van der Waals surface area contributed by atoms with Crippen molar-refractivity contribution in [3.63, 3.8) is 0 Å². The van der Waals surface area contributed by atoms with Crippen LogP contribution in [0.25, 0.3) is 0 Å². The molecule has 1 saturated carbocycles. The predicted octanol–water partition coefficient (Wildman–Crippen LogP) is 2.92. The molecule has 20 heavy (non-hydrogen) atoms. The normalized spacial score (nSPS) is 25.9. The van der Waals surface area contributed by atoms with Crippen LogP contribution in [0.5, 0.6) is 0 Å². The van der Waals surface area contributed by atoms with Gasteiger partial charge in [0.25, 0.3) is 5.91 Å². The number of aromatic nitrogens is 1. The van der Waals surface area contributed by atoms with Gasteiger partial charge in [-0.3, -0.25) is 4.79 Å². The molecule has 1 amide bonds. The molecular weight excluding hydrogens is 250 g/mol. The zero-order valence-corrected chi connectivity index (χ0v) is 12.1. The van der Waals surface area contributed by atoms with E-state index >= 15 is 0 Å². The molecule has 2 heterocycles. The van der Waals surface area contributed by atoms with E-state index in [9.17, 15) is 4.79 Å². The van der Waals surface area contributed by atoms with Crippen molar-refractivity contribution < 1.29 is 4.79 Å². The van der Waals surface area contributed by atoms with Crippen molar-refractivity contribution in [2.45, 2.75) is 44.6 Å². The fraction of sp³-hybridized carbons (Fsp3) is 0.625. The molecule has 1 aliphatic carbocycles. The van der Waals surface area contributed by atoms with Gasteiger partial charge in [-0.05, 0) is 43.7 Å². The van der Waals surface area contributed by atoms with Gasteiger partial charge < -0.3 is 10.2 Å². The van der Waals surface area contributed by atoms with Crippen LogP contribution in [0.15, 0.2) is 18.2 Å². The summed E-state index contributed by atoms with van der Waals surface area (Å²) in [6.07, 6.45) is 7.48. The summed E-state index contributed by atoms with van der Waals surface area (Å²) in [5.74, 6) is 1.58. The summed E-state index contributed by atoms with van der Waals surface area (Å²) < 4.78 is 0. The number of carbonyl (C=O) groups is 1. The molecule has 2 aliphatic rings. The van der Waals surface area contributed by atoms with Gasteiger partial charge in [-0.1, -0.05) is 18.9 Å². The fourth-order valence-corrected chi connectivity index (χ4v) is 3.72. The Labute approximate surface area is 120 Å². The Balaban J connectivity index is 1.81. The van der Waals surface area contributed by atoms with Crippen LogP contribution in [-0.4, -0.2) is 35.4 Å². The van der Waals surface area contributed by atoms with Gasteiger partial charge >= 0.3 is 0 Å². The number of pyridine rings is 1. The summed E-state index contributed by atoms with van der Waals surface area (Å²) in [7, 11) is 1.83. The van der Waals surface area contributed by atoms with Crippen LogP contribution in [-0.2, 0) is 0 Å². The van der Waals surface area contributed by atoms with Crippen molar-refractivity contribution >= 4 is 11.7 Å². The Morgan fingerprint density at radius 3 is 2.90 bits per heavy atom. The molecule has 1 N–H and O–H groups in total. The summed E-state index contributed by atoms with van der Waals surface area (Å²) in [4.78, 5) is 19.3. The second-order valence-corrected chi connectivity index (χ2v) is 5.91. The third kappa shape index (κ3) is 2.51. The third-order valence-corrected chi connectivity index (χ3v) is 4.73. The molecule has 0 radical (unpaired) electrons. The average Bonchev–Trinajstić information content (AvgIpc) is 2.53. The SMILES string of the molecule is CNc1cccc(C(=O)N2CCC[C@H]3CCCC[C@H]32)n1. The first-order valence-corrected chi connectivity index (χ1v) is 7.75. The first-order chi connectivity index (χ1) is 9.79. The molecule has 2 atom stereocenters. The zero-order chi connectivity index (χ0) is 13.9. The van der Waals surface area contributed by atoms with E-state index in [1.165, 1.54) is 32.1 Å². The minimum Gasteiger partial charge on any atom is -0.373 e. The van der Waals surface area contributed by atoms with E-state index in [4.69, 9.17) is 0 Å². The number of nitrogens with one attached hydrogen (secondary N) is 1. The van der Waals surface area contributed by atoms with E-state index in [2.05, 4.69) is 15.2 Å². The Hall–Kier alpha value is -1.58. The molecule has 0 bridgehead atoms. The molecule has 0 spiro atoms. The van der Waals surface area contributed by atoms with Crippen LogP contribution in [0.3, 0.4) is 0 Å². The minimum absolute atomic E-state index is 0.110. The maximum absolute atomic E-state index is 12.8. The largest absolute Gasteiger partial charge is 0.373 e. The first-order valence-electron chi connectivity index (χ1n) is 7.75. The summed E-state index contributed by atoms with van der Waals surface area (Å²) in [6.45, 7) is 0.894. The molecule has 3 rings (SSSR count). The highest BCUT2D eigenvalue weighted by Gasteiger charge is 2.36. The molecule has 1 aromatic rings. The van der Waals surface area contributed by atoms with Crippen LogP contribution < -0.4 is 5.32 Å². The number of piperidine rings is 1. The predicted molar refractivity (Wildman–Crippen MR) is 79.8 cm³/mol. The van der Waals surface area contributed by atoms with Crippen molar-refractivity contribution in [1.29, 1.82) is 0 Å². The summed E-state index contributed by atoms with van der Waals surface area (Å²) >= 11 is 0. The van der Waals surface area contributed by atoms with E-state index < -0.39 is 0 Å². The van der Waals surface area contributed by atoms with Crippen LogP contribution in [0, 0.1) is 5.92 Å². The summed E-state index contributed by atoms with van der Waals surface area (Å²) in [5.41, 5.74) is 0.572. The van der Waals surface area contributed by atoms with Crippen LogP contribution in [0.2, 0.25) is 0 Å². The molecular formula is C16H23N3O. The van der Waals surface area contributed by atoms with Crippen molar-refractivity contribution in [2.75, 3.05) is 18.9 Å². The fourth-order valence-electron chi connectivity index (χ4n) is 3.72. The van der Waals surface area contributed by atoms with Crippen LogP contribution >= 0.6 is 0 Å². The molecule has 2 fully saturated rings. The Morgan fingerprint density at radius 1 is 1.25 bits per heavy atom. The van der Waals surface area contributed by atoms with Gasteiger partial charge in [0.2, 0.25) is 0 Å². The van der Waals surface area contributed by atoms with Gasteiger partial charge in [0.1, 0.15) is 11.5 Å². The standard InChI is InChI=1S/C16H23N3O/c1-17-15-10-4-8-13(18-15)16(20)19-11-5-7-12-6-2-3-9-14(12)19/h4,8,10,12,14H,2-3,5-7,9,11H2,1H3,(H,17,18)/t12-,14-/m1/s1. The number of fused-ring (bicyclic) bond motifs is 1. The van der Waals surface area contributed by atoms with Crippen LogP contribution in [0.1, 0.15) is 49.0 Å². The minimum atomic E-state index is 0.110. The van der Waals surface area contributed by atoms with Gasteiger partial charge in [-0.15, -0.1) is 0 Å². The number of hydrogen-bond donors (Lipinski definition) is 1. The first kappa shape index (κ1) is 13.4. The van der Waals surface area contributed by atoms with Crippen molar-refractivity contribution in [3.8, 4) is 0 Å². The smallest absolute Gasteiger partial charge is 0.272 e. The maximum atomic E-state index is 12.8. The lowest BCUT2D eigenvalue weighted by Crippen LogP contribution is -2.49. The van der Waals surface area contributed by atoms with Gasteiger partial charge in [0.05, 0.1) is 0 Å². The van der Waals surface area contributed by atoms with Crippen LogP contribution in [0.4, 0.5) is 5.82 Å². The molecule has 108 valence electrons. The summed E-state index contributed by atoms with van der Waals surface area (Å²) in [5, 5.41) is 3.00. The molecule has 0 aromatic carbocycles. The Bertz CT molecular complexity index is 486. The molecule has 1 saturated heterocycles. The number of nitrogens with zero attached hydrogens (tertiary/aromatic N) is 2. The highest BCUT2D eigenvalue weighted by atomic mass is 16.2. The van der Waals surface area contributed by atoms with Crippen molar-refractivity contribution in [3.05, 3.63) is 23.9 Å². The lowest BCUT2D eigenvalue weighted by molar-refractivity contribution is 0.0385. The van der Waals surface area contributed by atoms with E-state index in [-0.39, 0.29) is 5.91 Å². The number of likely N-dealkylation sites (tertiary alicyclic amines) is 1. The number of amides is 1. The Kier molecular flexibility index (Phi) is 3.90. The van der Waals surface area contributed by atoms with Crippen molar-refractivity contribution in [1.82, 2.24) is 9.88 Å². The van der Waals surface area contributed by atoms with Gasteiger partial charge in [-0.25, -0.2) is 4.98 Å². The van der Waals surface area contributed by atoms with E-state index in [1.54, 1.807) is 0 Å². The van der Waals surface area contributed by atoms with Gasteiger partial charge in [0.15, 0.2) is 0 Å². The molecule has 0 unspecified atom stereocenters. The quantitative estimate of drug-likeness (QED) is 0.901. The highest BCUT2D eigenvalue weighted by Crippen LogP contribution is 2.35. The molecule has 4 heteroatoms. The number of rotatable bonds is 2. The highest BCUT2D eigenvalue weighted by molar-refractivity contribution is 5.93. The maximum Gasteiger partial charge on any atom is 0.272 e. The second-order valence-electron chi connectivity index (χ2n) is 5.91. The average molecular weight is 273 g/mol. The van der Waals surface area contributed by atoms with E-state index in [0.29, 0.717) is 17.7 Å². The number of anilines is 1. The molecule has 1 aromatic heterocycles. The second kappa shape index (κ2) is 5.81. The number of carbonyl (C=O) groups excluding carboxylic acids is 1. The van der Waals surface area contributed by atoms with Gasteiger partial charge in [0, 0.05) is 19.6 Å². The van der Waals surface area contributed by atoms with Gasteiger partial charge in [-0.2, -0.15) is 0 Å². The van der Waals surface area contributed by atoms with E-state index in [0.717, 1.165) is 18.8 Å².